The summed E-state index contributed by atoms with van der Waals surface area (Å²) in [6.07, 6.45) is 3.09. The highest BCUT2D eigenvalue weighted by atomic mass is 32.2. The van der Waals surface area contributed by atoms with E-state index in [0.29, 0.717) is 24.6 Å². The molecule has 0 bridgehead atoms. The fourth-order valence-electron chi connectivity index (χ4n) is 4.13. The Morgan fingerprint density at radius 1 is 1.03 bits per heavy atom. The molecule has 5 rings (SSSR count). The summed E-state index contributed by atoms with van der Waals surface area (Å²) in [4.78, 5) is 8.70. The maximum atomic E-state index is 12.0. The van der Waals surface area contributed by atoms with E-state index >= 15 is 0 Å². The maximum absolute atomic E-state index is 12.0. The summed E-state index contributed by atoms with van der Waals surface area (Å²) in [7, 11) is -1.15. The highest BCUT2D eigenvalue weighted by molar-refractivity contribution is 7.85. The van der Waals surface area contributed by atoms with Gasteiger partial charge in [0.15, 0.2) is 5.65 Å². The van der Waals surface area contributed by atoms with Gasteiger partial charge in [-0.1, -0.05) is 24.8 Å². The minimum Gasteiger partial charge on any atom is -0.457 e. The van der Waals surface area contributed by atoms with Crippen LogP contribution in [0.15, 0.2) is 72.9 Å². The average molecular weight is 461 g/mol. The van der Waals surface area contributed by atoms with Crippen LogP contribution in [-0.2, 0) is 11.0 Å². The van der Waals surface area contributed by atoms with E-state index in [4.69, 9.17) is 15.6 Å². The largest absolute Gasteiger partial charge is 0.457 e. The van der Waals surface area contributed by atoms with Crippen LogP contribution in [0.3, 0.4) is 0 Å². The Hall–Kier alpha value is -3.56. The molecule has 1 aliphatic rings. The smallest absolute Gasteiger partial charge is 0.164 e. The van der Waals surface area contributed by atoms with Crippen LogP contribution in [0.5, 0.6) is 11.5 Å². The van der Waals surface area contributed by atoms with E-state index < -0.39 is 11.0 Å². The number of benzene rings is 2. The molecule has 9 heteroatoms. The van der Waals surface area contributed by atoms with Gasteiger partial charge in [0.1, 0.15) is 40.3 Å². The van der Waals surface area contributed by atoms with Crippen molar-refractivity contribution >= 4 is 27.8 Å². The number of piperidine rings is 1. The molecule has 0 aliphatic carbocycles. The van der Waals surface area contributed by atoms with Crippen LogP contribution in [0.2, 0.25) is 0 Å². The zero-order chi connectivity index (χ0) is 22.8. The molecule has 0 saturated carbocycles. The molecule has 2 aromatic carbocycles. The van der Waals surface area contributed by atoms with E-state index in [1.54, 1.807) is 0 Å². The van der Waals surface area contributed by atoms with Crippen LogP contribution in [0.4, 0.5) is 5.82 Å². The van der Waals surface area contributed by atoms with Crippen LogP contribution in [0.25, 0.3) is 22.3 Å². The molecular weight excluding hydrogens is 436 g/mol. The van der Waals surface area contributed by atoms with Gasteiger partial charge in [-0.25, -0.2) is 23.2 Å². The minimum absolute atomic E-state index is 0.134. The van der Waals surface area contributed by atoms with Crippen LogP contribution in [0.1, 0.15) is 18.9 Å². The van der Waals surface area contributed by atoms with E-state index in [9.17, 15) is 4.21 Å². The molecule has 0 radical (unpaired) electrons. The van der Waals surface area contributed by atoms with Crippen molar-refractivity contribution in [3.05, 3.63) is 72.9 Å². The number of para-hydroxylation sites is 1. The normalized spacial score (nSPS) is 16.0. The van der Waals surface area contributed by atoms with E-state index in [1.807, 2.05) is 63.6 Å². The van der Waals surface area contributed by atoms with Crippen molar-refractivity contribution in [2.45, 2.75) is 18.9 Å². The fourth-order valence-corrected chi connectivity index (χ4v) is 4.91. The Morgan fingerprint density at radius 2 is 1.73 bits per heavy atom. The SMILES string of the molecule is C=CS(=O)N1CCC(n2nc(-c3ccc(Oc4ccccc4)cc3)c3c(N)ncnc32)CC1. The molecule has 168 valence electrons. The van der Waals surface area contributed by atoms with E-state index in [0.717, 1.165) is 41.0 Å². The number of aromatic nitrogens is 4. The second kappa shape index (κ2) is 9.13. The number of fused-ring (bicyclic) bond motifs is 1. The van der Waals surface area contributed by atoms with Gasteiger partial charge in [0.25, 0.3) is 0 Å². The van der Waals surface area contributed by atoms with Gasteiger partial charge in [0.2, 0.25) is 0 Å². The van der Waals surface area contributed by atoms with Gasteiger partial charge in [-0.3, -0.25) is 0 Å². The molecule has 33 heavy (non-hydrogen) atoms. The van der Waals surface area contributed by atoms with Crippen LogP contribution >= 0.6 is 0 Å². The lowest BCUT2D eigenvalue weighted by molar-refractivity contribution is 0.275. The van der Waals surface area contributed by atoms with Gasteiger partial charge in [-0.15, -0.1) is 0 Å². The van der Waals surface area contributed by atoms with Gasteiger partial charge >= 0.3 is 0 Å². The monoisotopic (exact) mass is 460 g/mol. The van der Waals surface area contributed by atoms with Gasteiger partial charge in [-0.05, 0) is 49.2 Å². The summed E-state index contributed by atoms with van der Waals surface area (Å²) in [5.74, 6) is 1.91. The Labute approximate surface area is 194 Å². The van der Waals surface area contributed by atoms with Crippen molar-refractivity contribution in [2.75, 3.05) is 18.8 Å². The first-order chi connectivity index (χ1) is 16.1. The Morgan fingerprint density at radius 3 is 2.42 bits per heavy atom. The second-order valence-corrected chi connectivity index (χ2v) is 9.20. The molecule has 1 atom stereocenters. The van der Waals surface area contributed by atoms with Crippen LogP contribution in [-0.4, -0.2) is 41.4 Å². The van der Waals surface area contributed by atoms with Crippen molar-refractivity contribution in [1.29, 1.82) is 0 Å². The first kappa shape index (κ1) is 21.3. The molecule has 2 N–H and O–H groups in total. The van der Waals surface area contributed by atoms with Crippen molar-refractivity contribution in [1.82, 2.24) is 24.1 Å². The lowest BCUT2D eigenvalue weighted by Crippen LogP contribution is -2.35. The third-order valence-electron chi connectivity index (χ3n) is 5.79. The molecule has 2 aromatic heterocycles. The third-order valence-corrected chi connectivity index (χ3v) is 6.95. The van der Waals surface area contributed by atoms with E-state index in [-0.39, 0.29) is 6.04 Å². The quantitative estimate of drug-likeness (QED) is 0.460. The number of hydrogen-bond acceptors (Lipinski definition) is 6. The van der Waals surface area contributed by atoms with Gasteiger partial charge in [-0.2, -0.15) is 5.10 Å². The van der Waals surface area contributed by atoms with E-state index in [1.165, 1.54) is 11.7 Å². The fraction of sp³-hybridized carbons (Fsp3) is 0.208. The van der Waals surface area contributed by atoms with Crippen molar-refractivity contribution < 1.29 is 8.95 Å². The van der Waals surface area contributed by atoms with E-state index in [2.05, 4.69) is 16.5 Å². The van der Waals surface area contributed by atoms with Crippen molar-refractivity contribution in [3.8, 4) is 22.8 Å². The number of rotatable bonds is 6. The highest BCUT2D eigenvalue weighted by Gasteiger charge is 2.27. The predicted molar refractivity (Wildman–Crippen MR) is 130 cm³/mol. The highest BCUT2D eigenvalue weighted by Crippen LogP contribution is 2.35. The van der Waals surface area contributed by atoms with Crippen LogP contribution in [0, 0.1) is 0 Å². The first-order valence-electron chi connectivity index (χ1n) is 10.7. The summed E-state index contributed by atoms with van der Waals surface area (Å²) >= 11 is 0. The Balaban J connectivity index is 1.46. The number of ether oxygens (including phenoxy) is 1. The second-order valence-electron chi connectivity index (χ2n) is 7.79. The standard InChI is InChI=1S/C24H24N6O2S/c1-2-33(31)29-14-12-18(13-15-29)30-24-21(23(25)26-16-27-24)22(28-30)17-8-10-20(11-9-17)32-19-6-4-3-5-7-19/h2-11,16,18H,1,12-15H2,(H2,25,26,27). The van der Waals surface area contributed by atoms with Gasteiger partial charge in [0, 0.05) is 24.1 Å². The predicted octanol–water partition coefficient (Wildman–Crippen LogP) is 4.31. The summed E-state index contributed by atoms with van der Waals surface area (Å²) in [6, 6.07) is 17.5. The molecular formula is C24H24N6O2S. The zero-order valence-corrected chi connectivity index (χ0v) is 18.8. The van der Waals surface area contributed by atoms with Gasteiger partial charge in [0.05, 0.1) is 11.4 Å². The van der Waals surface area contributed by atoms with Crippen molar-refractivity contribution in [2.24, 2.45) is 0 Å². The average Bonchev–Trinajstić information content (AvgIpc) is 3.26. The number of anilines is 1. The van der Waals surface area contributed by atoms with Gasteiger partial charge < -0.3 is 10.5 Å². The third kappa shape index (κ3) is 4.24. The molecule has 1 saturated heterocycles. The first-order valence-corrected chi connectivity index (χ1v) is 11.9. The van der Waals surface area contributed by atoms with Crippen molar-refractivity contribution in [3.63, 3.8) is 0 Å². The molecule has 0 spiro atoms. The summed E-state index contributed by atoms with van der Waals surface area (Å²) in [5, 5.41) is 7.14. The molecule has 8 nitrogen and oxygen atoms in total. The minimum atomic E-state index is -1.15. The maximum Gasteiger partial charge on any atom is 0.164 e. The summed E-state index contributed by atoms with van der Waals surface area (Å²) in [6.45, 7) is 5.03. The Kier molecular flexibility index (Phi) is 5.89. The van der Waals surface area contributed by atoms with Crippen LogP contribution < -0.4 is 10.5 Å². The number of nitrogens with zero attached hydrogens (tertiary/aromatic N) is 5. The lowest BCUT2D eigenvalue weighted by atomic mass is 10.1. The molecule has 0 amide bonds. The summed E-state index contributed by atoms with van der Waals surface area (Å²) < 4.78 is 21.8. The molecule has 3 heterocycles. The number of nitrogens with two attached hydrogens (primary N) is 1. The Bertz CT molecular complexity index is 1300. The molecule has 1 fully saturated rings. The number of nitrogen functional groups attached to an aromatic ring is 1. The topological polar surface area (TPSA) is 99.2 Å². The molecule has 4 aromatic rings. The molecule has 1 unspecified atom stereocenters. The lowest BCUT2D eigenvalue weighted by Gasteiger charge is -2.30. The zero-order valence-electron chi connectivity index (χ0n) is 18.0. The number of hydrogen-bond donors (Lipinski definition) is 1. The molecule has 1 aliphatic heterocycles. The summed E-state index contributed by atoms with van der Waals surface area (Å²) in [5.41, 5.74) is 8.62.